The van der Waals surface area contributed by atoms with Crippen molar-refractivity contribution in [2.45, 2.75) is 38.1 Å². The van der Waals surface area contributed by atoms with Gasteiger partial charge in [0.2, 0.25) is 5.91 Å². The van der Waals surface area contributed by atoms with Crippen molar-refractivity contribution in [1.82, 2.24) is 5.32 Å². The lowest BCUT2D eigenvalue weighted by Gasteiger charge is -2.25. The minimum absolute atomic E-state index is 0.113. The fraction of sp³-hybridized carbons (Fsp3) is 0.818. The van der Waals surface area contributed by atoms with Crippen LogP contribution in [0.5, 0.6) is 0 Å². The highest BCUT2D eigenvalue weighted by atomic mass is 32.2. The van der Waals surface area contributed by atoms with E-state index in [1.807, 2.05) is 6.26 Å². The monoisotopic (exact) mass is 245 g/mol. The van der Waals surface area contributed by atoms with Crippen molar-refractivity contribution in [3.63, 3.8) is 0 Å². The molecule has 0 heterocycles. The Balaban J connectivity index is 2.28. The van der Waals surface area contributed by atoms with Gasteiger partial charge in [0.15, 0.2) is 0 Å². The maximum Gasteiger partial charge on any atom is 0.326 e. The van der Waals surface area contributed by atoms with Crippen molar-refractivity contribution in [2.75, 3.05) is 12.0 Å². The summed E-state index contributed by atoms with van der Waals surface area (Å²) in [7, 11) is 0. The molecule has 1 atom stereocenters. The Bertz CT molecular complexity index is 254. The van der Waals surface area contributed by atoms with E-state index in [0.29, 0.717) is 18.8 Å². The highest BCUT2D eigenvalue weighted by molar-refractivity contribution is 7.98. The lowest BCUT2D eigenvalue weighted by atomic mass is 9.83. The smallest absolute Gasteiger partial charge is 0.326 e. The van der Waals surface area contributed by atoms with Crippen LogP contribution in [0.1, 0.15) is 32.1 Å². The minimum Gasteiger partial charge on any atom is -0.480 e. The number of aliphatic carboxylic acids is 1. The fourth-order valence-electron chi connectivity index (χ4n) is 1.71. The molecule has 2 N–H and O–H groups in total. The number of nitrogens with one attached hydrogen (secondary N) is 1. The van der Waals surface area contributed by atoms with Crippen LogP contribution in [-0.2, 0) is 9.59 Å². The molecule has 0 bridgehead atoms. The molecule has 1 amide bonds. The first kappa shape index (κ1) is 13.4. The molecule has 0 aromatic heterocycles. The van der Waals surface area contributed by atoms with Crippen LogP contribution < -0.4 is 5.32 Å². The number of rotatable bonds is 7. The van der Waals surface area contributed by atoms with Gasteiger partial charge in [0, 0.05) is 6.42 Å². The van der Waals surface area contributed by atoms with Crippen molar-refractivity contribution in [2.24, 2.45) is 5.92 Å². The summed E-state index contributed by atoms with van der Waals surface area (Å²) in [6.45, 7) is 0. The standard InChI is InChI=1S/C11H19NO3S/c1-16-6-5-9(11(14)15)12-10(13)7-8-3-2-4-8/h8-9H,2-7H2,1H3,(H,12,13)(H,14,15). The van der Waals surface area contributed by atoms with Gasteiger partial charge in [-0.3, -0.25) is 4.79 Å². The van der Waals surface area contributed by atoms with Gasteiger partial charge in [0.1, 0.15) is 6.04 Å². The highest BCUT2D eigenvalue weighted by Gasteiger charge is 2.24. The fourth-order valence-corrected chi connectivity index (χ4v) is 2.18. The molecule has 1 aliphatic carbocycles. The topological polar surface area (TPSA) is 66.4 Å². The van der Waals surface area contributed by atoms with Gasteiger partial charge in [0.25, 0.3) is 0 Å². The number of carbonyl (C=O) groups excluding carboxylic acids is 1. The molecular formula is C11H19NO3S. The Morgan fingerprint density at radius 2 is 2.19 bits per heavy atom. The van der Waals surface area contributed by atoms with Crippen molar-refractivity contribution in [1.29, 1.82) is 0 Å². The third-order valence-electron chi connectivity index (χ3n) is 2.94. The van der Waals surface area contributed by atoms with Gasteiger partial charge in [-0.05, 0) is 37.2 Å². The second kappa shape index (κ2) is 6.78. The number of hydrogen-bond donors (Lipinski definition) is 2. The van der Waals surface area contributed by atoms with Gasteiger partial charge in [-0.2, -0.15) is 11.8 Å². The Morgan fingerprint density at radius 1 is 1.50 bits per heavy atom. The predicted molar refractivity (Wildman–Crippen MR) is 64.5 cm³/mol. The first-order valence-electron chi connectivity index (χ1n) is 5.64. The van der Waals surface area contributed by atoms with Crippen molar-refractivity contribution in [3.05, 3.63) is 0 Å². The molecule has 0 aromatic rings. The van der Waals surface area contributed by atoms with Crippen LogP contribution in [0.4, 0.5) is 0 Å². The van der Waals surface area contributed by atoms with Crippen LogP contribution in [0.2, 0.25) is 0 Å². The molecule has 1 aliphatic rings. The van der Waals surface area contributed by atoms with E-state index in [1.165, 1.54) is 6.42 Å². The Morgan fingerprint density at radius 3 is 2.62 bits per heavy atom. The van der Waals surface area contributed by atoms with Crippen LogP contribution in [0.15, 0.2) is 0 Å². The van der Waals surface area contributed by atoms with E-state index in [1.54, 1.807) is 11.8 Å². The molecule has 1 unspecified atom stereocenters. The molecule has 0 aliphatic heterocycles. The normalized spacial score (nSPS) is 17.6. The van der Waals surface area contributed by atoms with E-state index >= 15 is 0 Å². The van der Waals surface area contributed by atoms with Gasteiger partial charge in [0.05, 0.1) is 0 Å². The molecule has 1 saturated carbocycles. The lowest BCUT2D eigenvalue weighted by Crippen LogP contribution is -2.42. The van der Waals surface area contributed by atoms with E-state index in [4.69, 9.17) is 5.11 Å². The molecule has 16 heavy (non-hydrogen) atoms. The summed E-state index contributed by atoms with van der Waals surface area (Å²) in [5.41, 5.74) is 0. The van der Waals surface area contributed by atoms with Crippen molar-refractivity contribution in [3.8, 4) is 0 Å². The van der Waals surface area contributed by atoms with E-state index in [0.717, 1.165) is 18.6 Å². The average molecular weight is 245 g/mol. The molecular weight excluding hydrogens is 226 g/mol. The Labute approximate surface area is 100 Å². The summed E-state index contributed by atoms with van der Waals surface area (Å²) in [5.74, 6) is 0.185. The zero-order valence-corrected chi connectivity index (χ0v) is 10.4. The quantitative estimate of drug-likeness (QED) is 0.713. The van der Waals surface area contributed by atoms with Gasteiger partial charge in [-0.15, -0.1) is 0 Å². The minimum atomic E-state index is -0.934. The number of hydrogen-bond acceptors (Lipinski definition) is 3. The maximum absolute atomic E-state index is 11.5. The summed E-state index contributed by atoms with van der Waals surface area (Å²) in [5, 5.41) is 11.5. The van der Waals surface area contributed by atoms with E-state index in [9.17, 15) is 9.59 Å². The molecule has 0 radical (unpaired) electrons. The number of carbonyl (C=O) groups is 2. The van der Waals surface area contributed by atoms with Gasteiger partial charge in [-0.1, -0.05) is 6.42 Å². The Hall–Kier alpha value is -0.710. The molecule has 0 spiro atoms. The maximum atomic E-state index is 11.5. The summed E-state index contributed by atoms with van der Waals surface area (Å²) >= 11 is 1.59. The summed E-state index contributed by atoms with van der Waals surface area (Å²) < 4.78 is 0. The van der Waals surface area contributed by atoms with E-state index < -0.39 is 12.0 Å². The zero-order valence-electron chi connectivity index (χ0n) is 9.57. The SMILES string of the molecule is CSCCC(NC(=O)CC1CCC1)C(=O)O. The van der Waals surface area contributed by atoms with E-state index in [-0.39, 0.29) is 5.91 Å². The molecule has 0 saturated heterocycles. The molecule has 1 fully saturated rings. The van der Waals surface area contributed by atoms with Crippen LogP contribution >= 0.6 is 11.8 Å². The second-order valence-electron chi connectivity index (χ2n) is 4.24. The van der Waals surface area contributed by atoms with Crippen LogP contribution in [0.3, 0.4) is 0 Å². The van der Waals surface area contributed by atoms with Gasteiger partial charge < -0.3 is 10.4 Å². The molecule has 92 valence electrons. The van der Waals surface area contributed by atoms with Crippen molar-refractivity contribution < 1.29 is 14.7 Å². The molecule has 1 rings (SSSR count). The number of thioether (sulfide) groups is 1. The van der Waals surface area contributed by atoms with Crippen LogP contribution in [0, 0.1) is 5.92 Å². The van der Waals surface area contributed by atoms with E-state index in [2.05, 4.69) is 5.32 Å². The summed E-state index contributed by atoms with van der Waals surface area (Å²) in [4.78, 5) is 22.4. The molecule has 4 nitrogen and oxygen atoms in total. The number of carboxylic acids is 1. The van der Waals surface area contributed by atoms with Gasteiger partial charge >= 0.3 is 5.97 Å². The second-order valence-corrected chi connectivity index (χ2v) is 5.23. The van der Waals surface area contributed by atoms with Crippen LogP contribution in [0.25, 0.3) is 0 Å². The summed E-state index contributed by atoms with van der Waals surface area (Å²) in [6.07, 6.45) is 6.32. The molecule has 0 aromatic carbocycles. The number of carboxylic acid groups (broad SMARTS) is 1. The highest BCUT2D eigenvalue weighted by Crippen LogP contribution is 2.29. The Kier molecular flexibility index (Phi) is 5.66. The zero-order chi connectivity index (χ0) is 12.0. The van der Waals surface area contributed by atoms with Crippen molar-refractivity contribution >= 4 is 23.6 Å². The first-order valence-corrected chi connectivity index (χ1v) is 7.04. The third-order valence-corrected chi connectivity index (χ3v) is 3.59. The van der Waals surface area contributed by atoms with Crippen LogP contribution in [-0.4, -0.2) is 35.0 Å². The lowest BCUT2D eigenvalue weighted by molar-refractivity contribution is -0.142. The third kappa shape index (κ3) is 4.43. The first-order chi connectivity index (χ1) is 7.63. The summed E-state index contributed by atoms with van der Waals surface area (Å²) in [6, 6.07) is -0.722. The number of amides is 1. The predicted octanol–water partition coefficient (Wildman–Crippen LogP) is 1.50. The largest absolute Gasteiger partial charge is 0.480 e. The average Bonchev–Trinajstić information content (AvgIpc) is 2.18. The molecule has 5 heteroatoms. The van der Waals surface area contributed by atoms with Gasteiger partial charge in [-0.25, -0.2) is 4.79 Å².